The second-order valence-electron chi connectivity index (χ2n) is 5.40. The van der Waals surface area contributed by atoms with E-state index in [4.69, 9.17) is 0 Å². The summed E-state index contributed by atoms with van der Waals surface area (Å²) in [5, 5.41) is 2.97. The van der Waals surface area contributed by atoms with Gasteiger partial charge in [-0.25, -0.2) is 0 Å². The molecular formula is C18H21NO. The molecule has 1 N–H and O–H groups in total. The summed E-state index contributed by atoms with van der Waals surface area (Å²) >= 11 is 0. The first-order valence-corrected chi connectivity index (χ1v) is 7.03. The number of carbonyl (C=O) groups is 1. The van der Waals surface area contributed by atoms with E-state index >= 15 is 0 Å². The van der Waals surface area contributed by atoms with Crippen LogP contribution in [0.4, 0.5) is 5.69 Å². The van der Waals surface area contributed by atoms with E-state index in [9.17, 15) is 4.79 Å². The van der Waals surface area contributed by atoms with Crippen LogP contribution in [0.5, 0.6) is 0 Å². The summed E-state index contributed by atoms with van der Waals surface area (Å²) in [4.78, 5) is 12.2. The molecule has 0 aliphatic heterocycles. The molecule has 2 rings (SSSR count). The third-order valence-corrected chi connectivity index (χ3v) is 3.54. The van der Waals surface area contributed by atoms with Gasteiger partial charge in [0.05, 0.1) is 5.92 Å². The number of rotatable bonds is 4. The summed E-state index contributed by atoms with van der Waals surface area (Å²) < 4.78 is 0. The summed E-state index contributed by atoms with van der Waals surface area (Å²) in [6, 6.07) is 17.9. The number of carbonyl (C=O) groups excluding carboxylic acids is 1. The Balaban J connectivity index is 2.04. The number of hydrogen-bond acceptors (Lipinski definition) is 1. The standard InChI is InChI=1S/C18H21NO/c1-13(2)15-9-11-17(12-10-15)19-18(20)14(3)16-7-5-4-6-8-16/h4-14H,1-3H3,(H,19,20). The van der Waals surface area contributed by atoms with Crippen LogP contribution in [0.2, 0.25) is 0 Å². The molecule has 1 atom stereocenters. The molecule has 20 heavy (non-hydrogen) atoms. The highest BCUT2D eigenvalue weighted by Gasteiger charge is 2.14. The molecule has 0 spiro atoms. The molecule has 0 aromatic heterocycles. The van der Waals surface area contributed by atoms with Crippen molar-refractivity contribution in [2.24, 2.45) is 0 Å². The lowest BCUT2D eigenvalue weighted by atomic mass is 10.00. The minimum absolute atomic E-state index is 0.0218. The van der Waals surface area contributed by atoms with Gasteiger partial charge in [-0.05, 0) is 36.1 Å². The SMILES string of the molecule is CC(C)c1ccc(NC(=O)C(C)c2ccccc2)cc1. The zero-order valence-electron chi connectivity index (χ0n) is 12.3. The normalized spacial score (nSPS) is 12.2. The van der Waals surface area contributed by atoms with E-state index in [0.717, 1.165) is 11.3 Å². The summed E-state index contributed by atoms with van der Waals surface area (Å²) in [7, 11) is 0. The first kappa shape index (κ1) is 14.3. The van der Waals surface area contributed by atoms with E-state index in [1.807, 2.05) is 49.4 Å². The van der Waals surface area contributed by atoms with Crippen molar-refractivity contribution in [3.05, 3.63) is 65.7 Å². The second-order valence-corrected chi connectivity index (χ2v) is 5.40. The second kappa shape index (κ2) is 6.38. The van der Waals surface area contributed by atoms with Crippen molar-refractivity contribution in [3.8, 4) is 0 Å². The fourth-order valence-corrected chi connectivity index (χ4v) is 2.09. The van der Waals surface area contributed by atoms with E-state index in [1.54, 1.807) is 0 Å². The average molecular weight is 267 g/mol. The van der Waals surface area contributed by atoms with Crippen LogP contribution in [0.25, 0.3) is 0 Å². The lowest BCUT2D eigenvalue weighted by Crippen LogP contribution is -2.18. The molecule has 1 amide bonds. The molecule has 1 unspecified atom stereocenters. The van der Waals surface area contributed by atoms with Gasteiger partial charge in [0.15, 0.2) is 0 Å². The molecule has 2 aromatic rings. The monoisotopic (exact) mass is 267 g/mol. The smallest absolute Gasteiger partial charge is 0.231 e. The zero-order valence-corrected chi connectivity index (χ0v) is 12.3. The van der Waals surface area contributed by atoms with Gasteiger partial charge >= 0.3 is 0 Å². The molecule has 2 nitrogen and oxygen atoms in total. The molecular weight excluding hydrogens is 246 g/mol. The average Bonchev–Trinajstić information content (AvgIpc) is 2.48. The van der Waals surface area contributed by atoms with Crippen LogP contribution in [0.1, 0.15) is 43.7 Å². The van der Waals surface area contributed by atoms with E-state index < -0.39 is 0 Å². The Morgan fingerprint density at radius 3 is 2.00 bits per heavy atom. The topological polar surface area (TPSA) is 29.1 Å². The minimum Gasteiger partial charge on any atom is -0.326 e. The fraction of sp³-hybridized carbons (Fsp3) is 0.278. The molecule has 0 fully saturated rings. The quantitative estimate of drug-likeness (QED) is 0.865. The molecule has 2 heteroatoms. The Labute approximate surface area is 120 Å². The van der Waals surface area contributed by atoms with E-state index in [2.05, 4.69) is 31.3 Å². The van der Waals surface area contributed by atoms with Crippen molar-refractivity contribution in [2.75, 3.05) is 5.32 Å². The van der Waals surface area contributed by atoms with Crippen molar-refractivity contribution >= 4 is 11.6 Å². The summed E-state index contributed by atoms with van der Waals surface area (Å²) in [5.41, 5.74) is 3.16. The van der Waals surface area contributed by atoms with Gasteiger partial charge in [0.2, 0.25) is 5.91 Å². The Morgan fingerprint density at radius 2 is 1.45 bits per heavy atom. The lowest BCUT2D eigenvalue weighted by molar-refractivity contribution is -0.117. The number of anilines is 1. The predicted octanol–water partition coefficient (Wildman–Crippen LogP) is 4.55. The Kier molecular flexibility index (Phi) is 4.57. The number of nitrogens with one attached hydrogen (secondary N) is 1. The van der Waals surface area contributed by atoms with Crippen molar-refractivity contribution in [1.82, 2.24) is 0 Å². The highest BCUT2D eigenvalue weighted by atomic mass is 16.1. The maximum Gasteiger partial charge on any atom is 0.231 e. The van der Waals surface area contributed by atoms with Crippen LogP contribution in [0.15, 0.2) is 54.6 Å². The van der Waals surface area contributed by atoms with Crippen LogP contribution in [-0.2, 0) is 4.79 Å². The maximum atomic E-state index is 12.2. The molecule has 0 saturated carbocycles. The van der Waals surface area contributed by atoms with E-state index in [-0.39, 0.29) is 11.8 Å². The molecule has 0 radical (unpaired) electrons. The summed E-state index contributed by atoms with van der Waals surface area (Å²) in [5.74, 6) is 0.373. The van der Waals surface area contributed by atoms with Gasteiger partial charge in [0.25, 0.3) is 0 Å². The van der Waals surface area contributed by atoms with Crippen LogP contribution in [0, 0.1) is 0 Å². The Morgan fingerprint density at radius 1 is 0.850 bits per heavy atom. The fourth-order valence-electron chi connectivity index (χ4n) is 2.09. The molecule has 0 aliphatic rings. The van der Waals surface area contributed by atoms with Crippen LogP contribution < -0.4 is 5.32 Å². The van der Waals surface area contributed by atoms with Crippen molar-refractivity contribution < 1.29 is 4.79 Å². The number of benzene rings is 2. The molecule has 0 bridgehead atoms. The number of hydrogen-bond donors (Lipinski definition) is 1. The van der Waals surface area contributed by atoms with E-state index in [0.29, 0.717) is 5.92 Å². The van der Waals surface area contributed by atoms with Crippen LogP contribution >= 0.6 is 0 Å². The third kappa shape index (κ3) is 3.47. The van der Waals surface area contributed by atoms with Crippen molar-refractivity contribution in [3.63, 3.8) is 0 Å². The van der Waals surface area contributed by atoms with Gasteiger partial charge < -0.3 is 5.32 Å². The summed E-state index contributed by atoms with van der Waals surface area (Å²) in [6.45, 7) is 6.24. The zero-order chi connectivity index (χ0) is 14.5. The van der Waals surface area contributed by atoms with Crippen molar-refractivity contribution in [2.45, 2.75) is 32.6 Å². The number of amides is 1. The minimum atomic E-state index is -0.152. The van der Waals surface area contributed by atoms with Gasteiger partial charge in [0, 0.05) is 5.69 Å². The third-order valence-electron chi connectivity index (χ3n) is 3.54. The predicted molar refractivity (Wildman–Crippen MR) is 84.0 cm³/mol. The van der Waals surface area contributed by atoms with Gasteiger partial charge in [0.1, 0.15) is 0 Å². The Bertz CT molecular complexity index is 558. The molecule has 0 saturated heterocycles. The molecule has 104 valence electrons. The van der Waals surface area contributed by atoms with E-state index in [1.165, 1.54) is 5.56 Å². The van der Waals surface area contributed by atoms with Gasteiger partial charge in [-0.1, -0.05) is 56.3 Å². The van der Waals surface area contributed by atoms with Crippen molar-refractivity contribution in [1.29, 1.82) is 0 Å². The van der Waals surface area contributed by atoms with Crippen LogP contribution in [-0.4, -0.2) is 5.91 Å². The Hall–Kier alpha value is -2.09. The first-order chi connectivity index (χ1) is 9.58. The summed E-state index contributed by atoms with van der Waals surface area (Å²) in [6.07, 6.45) is 0. The molecule has 0 heterocycles. The maximum absolute atomic E-state index is 12.2. The van der Waals surface area contributed by atoms with Gasteiger partial charge in [-0.3, -0.25) is 4.79 Å². The lowest BCUT2D eigenvalue weighted by Gasteiger charge is -2.13. The molecule has 2 aromatic carbocycles. The van der Waals surface area contributed by atoms with Crippen LogP contribution in [0.3, 0.4) is 0 Å². The highest BCUT2D eigenvalue weighted by Crippen LogP contribution is 2.20. The highest BCUT2D eigenvalue weighted by molar-refractivity contribution is 5.95. The molecule has 0 aliphatic carbocycles. The van der Waals surface area contributed by atoms with Gasteiger partial charge in [-0.2, -0.15) is 0 Å². The van der Waals surface area contributed by atoms with Gasteiger partial charge in [-0.15, -0.1) is 0 Å². The largest absolute Gasteiger partial charge is 0.326 e. The first-order valence-electron chi connectivity index (χ1n) is 7.03.